The number of nitrogens with two attached hydrogens (primary N) is 1. The van der Waals surface area contributed by atoms with Crippen LogP contribution >= 0.6 is 27.3 Å². The van der Waals surface area contributed by atoms with Gasteiger partial charge in [-0.15, -0.1) is 16.4 Å². The molecule has 4 nitrogen and oxygen atoms in total. The van der Waals surface area contributed by atoms with Crippen molar-refractivity contribution in [2.24, 2.45) is 0 Å². The van der Waals surface area contributed by atoms with E-state index in [1.807, 2.05) is 4.68 Å². The maximum Gasteiger partial charge on any atom is 0.169 e. The van der Waals surface area contributed by atoms with Crippen molar-refractivity contribution in [3.05, 3.63) is 26.5 Å². The molecule has 0 atom stereocenters. The Morgan fingerprint density at radius 3 is 3.00 bits per heavy atom. The van der Waals surface area contributed by atoms with Crippen LogP contribution in [-0.4, -0.2) is 15.0 Å². The molecule has 0 unspecified atom stereocenters. The van der Waals surface area contributed by atoms with Crippen molar-refractivity contribution >= 4 is 33.1 Å². The second kappa shape index (κ2) is 3.85. The molecule has 0 bridgehead atoms. The zero-order valence-corrected chi connectivity index (χ0v) is 11.0. The van der Waals surface area contributed by atoms with Crippen molar-refractivity contribution < 1.29 is 0 Å². The van der Waals surface area contributed by atoms with Gasteiger partial charge < -0.3 is 5.73 Å². The Balaban J connectivity index is 1.92. The summed E-state index contributed by atoms with van der Waals surface area (Å²) in [5.41, 5.74) is 6.96. The number of halogens is 1. The number of nitrogen functional groups attached to an aromatic ring is 1. The summed E-state index contributed by atoms with van der Waals surface area (Å²) in [6, 6.07) is 2.05. The van der Waals surface area contributed by atoms with E-state index in [0.717, 1.165) is 16.7 Å². The second-order valence-corrected chi connectivity index (χ2v) is 5.84. The summed E-state index contributed by atoms with van der Waals surface area (Å²) in [5.74, 6) is 1.17. The minimum absolute atomic E-state index is 0.578. The molecule has 0 radical (unpaired) electrons. The normalized spacial score (nSPS) is 15.6. The highest BCUT2D eigenvalue weighted by Gasteiger charge is 2.30. The first-order valence-electron chi connectivity index (χ1n) is 5.16. The Labute approximate surface area is 106 Å². The highest BCUT2D eigenvalue weighted by molar-refractivity contribution is 9.10. The Hall–Kier alpha value is -0.880. The highest BCUT2D eigenvalue weighted by Crippen LogP contribution is 2.42. The van der Waals surface area contributed by atoms with Crippen molar-refractivity contribution in [1.82, 2.24) is 15.0 Å². The smallest absolute Gasteiger partial charge is 0.169 e. The number of thiophene rings is 1. The van der Waals surface area contributed by atoms with Crippen molar-refractivity contribution in [3.8, 4) is 0 Å². The van der Waals surface area contributed by atoms with Gasteiger partial charge >= 0.3 is 0 Å². The first kappa shape index (κ1) is 10.3. The van der Waals surface area contributed by atoms with E-state index < -0.39 is 0 Å². The largest absolute Gasteiger partial charge is 0.381 e. The Morgan fingerprint density at radius 1 is 1.56 bits per heavy atom. The Kier molecular flexibility index (Phi) is 2.48. The van der Waals surface area contributed by atoms with E-state index in [0.29, 0.717) is 11.7 Å². The van der Waals surface area contributed by atoms with Crippen LogP contribution in [0.2, 0.25) is 0 Å². The van der Waals surface area contributed by atoms with Crippen LogP contribution in [0.4, 0.5) is 5.82 Å². The lowest BCUT2D eigenvalue weighted by Crippen LogP contribution is -2.05. The van der Waals surface area contributed by atoms with Gasteiger partial charge in [0.05, 0.1) is 12.2 Å². The standard InChI is InChI=1S/C10H11BrN4S/c11-7-3-4-16-8(7)5-15-9(6-1-2-6)10(12)13-14-15/h3-4,6H,1-2,5,12H2. The zero-order chi connectivity index (χ0) is 11.1. The molecule has 0 aromatic carbocycles. The molecule has 2 aromatic heterocycles. The Morgan fingerprint density at radius 2 is 2.38 bits per heavy atom. The van der Waals surface area contributed by atoms with E-state index in [-0.39, 0.29) is 0 Å². The fourth-order valence-corrected chi connectivity index (χ4v) is 3.26. The summed E-state index contributed by atoms with van der Waals surface area (Å²) >= 11 is 5.24. The second-order valence-electron chi connectivity index (χ2n) is 3.98. The van der Waals surface area contributed by atoms with Gasteiger partial charge in [0, 0.05) is 15.3 Å². The molecule has 0 amide bonds. The summed E-state index contributed by atoms with van der Waals surface area (Å²) in [5, 5.41) is 10.2. The molecule has 6 heteroatoms. The van der Waals surface area contributed by atoms with Gasteiger partial charge in [0.2, 0.25) is 0 Å². The lowest BCUT2D eigenvalue weighted by Gasteiger charge is -2.04. The average Bonchev–Trinajstić information content (AvgIpc) is 2.92. The molecule has 84 valence electrons. The highest BCUT2D eigenvalue weighted by atomic mass is 79.9. The topological polar surface area (TPSA) is 56.7 Å². The van der Waals surface area contributed by atoms with Crippen LogP contribution in [0.5, 0.6) is 0 Å². The molecular weight excluding hydrogens is 288 g/mol. The van der Waals surface area contributed by atoms with E-state index in [1.165, 1.54) is 17.7 Å². The molecule has 1 saturated carbocycles. The maximum absolute atomic E-state index is 5.85. The number of aromatic nitrogens is 3. The maximum atomic E-state index is 5.85. The lowest BCUT2D eigenvalue weighted by molar-refractivity contribution is 0.624. The molecule has 3 rings (SSSR count). The van der Waals surface area contributed by atoms with Gasteiger partial charge in [0.25, 0.3) is 0 Å². The van der Waals surface area contributed by atoms with Crippen molar-refractivity contribution in [3.63, 3.8) is 0 Å². The van der Waals surface area contributed by atoms with Gasteiger partial charge in [-0.25, -0.2) is 4.68 Å². The molecule has 2 aromatic rings. The predicted octanol–water partition coefficient (Wildman–Crippen LogP) is 2.61. The molecule has 1 fully saturated rings. The van der Waals surface area contributed by atoms with Gasteiger partial charge in [-0.1, -0.05) is 5.21 Å². The van der Waals surface area contributed by atoms with Crippen LogP contribution in [0, 0.1) is 0 Å². The molecule has 0 aliphatic heterocycles. The average molecular weight is 299 g/mol. The third-order valence-electron chi connectivity index (χ3n) is 2.75. The van der Waals surface area contributed by atoms with E-state index in [2.05, 4.69) is 37.7 Å². The number of hydrogen-bond acceptors (Lipinski definition) is 4. The number of rotatable bonds is 3. The van der Waals surface area contributed by atoms with Crippen LogP contribution in [0.25, 0.3) is 0 Å². The fraction of sp³-hybridized carbons (Fsp3) is 0.400. The van der Waals surface area contributed by atoms with Gasteiger partial charge in [-0.2, -0.15) is 0 Å². The van der Waals surface area contributed by atoms with Crippen molar-refractivity contribution in [1.29, 1.82) is 0 Å². The quantitative estimate of drug-likeness (QED) is 0.948. The first-order chi connectivity index (χ1) is 7.75. The SMILES string of the molecule is Nc1nnn(Cc2sccc2Br)c1C1CC1. The van der Waals surface area contributed by atoms with Gasteiger partial charge in [0.1, 0.15) is 0 Å². The molecular formula is C10H11BrN4S. The summed E-state index contributed by atoms with van der Waals surface area (Å²) in [4.78, 5) is 1.26. The van der Waals surface area contributed by atoms with Crippen LogP contribution < -0.4 is 5.73 Å². The molecule has 16 heavy (non-hydrogen) atoms. The third-order valence-corrected chi connectivity index (χ3v) is 4.66. The zero-order valence-electron chi connectivity index (χ0n) is 8.56. The van der Waals surface area contributed by atoms with Crippen molar-refractivity contribution in [2.75, 3.05) is 5.73 Å². The molecule has 2 heterocycles. The van der Waals surface area contributed by atoms with E-state index in [4.69, 9.17) is 5.73 Å². The molecule has 1 aliphatic carbocycles. The predicted molar refractivity (Wildman–Crippen MR) is 67.5 cm³/mol. The summed E-state index contributed by atoms with van der Waals surface area (Å²) in [7, 11) is 0. The van der Waals surface area contributed by atoms with Crippen LogP contribution in [0.3, 0.4) is 0 Å². The van der Waals surface area contributed by atoms with Gasteiger partial charge in [-0.3, -0.25) is 0 Å². The molecule has 0 spiro atoms. The summed E-state index contributed by atoms with van der Waals surface area (Å²) < 4.78 is 3.07. The summed E-state index contributed by atoms with van der Waals surface area (Å²) in [6.45, 7) is 0.758. The monoisotopic (exact) mass is 298 g/mol. The molecule has 2 N–H and O–H groups in total. The van der Waals surface area contributed by atoms with E-state index in [9.17, 15) is 0 Å². The number of nitrogens with zero attached hydrogens (tertiary/aromatic N) is 3. The summed E-state index contributed by atoms with van der Waals surface area (Å²) in [6.07, 6.45) is 2.42. The van der Waals surface area contributed by atoms with Crippen LogP contribution in [-0.2, 0) is 6.54 Å². The van der Waals surface area contributed by atoms with E-state index in [1.54, 1.807) is 11.3 Å². The number of anilines is 1. The molecule has 1 aliphatic rings. The molecule has 0 saturated heterocycles. The van der Waals surface area contributed by atoms with Gasteiger partial charge in [0.15, 0.2) is 5.82 Å². The minimum atomic E-state index is 0.578. The minimum Gasteiger partial charge on any atom is -0.381 e. The van der Waals surface area contributed by atoms with Gasteiger partial charge in [-0.05, 0) is 40.2 Å². The third kappa shape index (κ3) is 1.76. The number of hydrogen-bond donors (Lipinski definition) is 1. The van der Waals surface area contributed by atoms with Crippen LogP contribution in [0.15, 0.2) is 15.9 Å². The van der Waals surface area contributed by atoms with Crippen molar-refractivity contribution in [2.45, 2.75) is 25.3 Å². The lowest BCUT2D eigenvalue weighted by atomic mass is 10.3. The Bertz CT molecular complexity index is 515. The van der Waals surface area contributed by atoms with E-state index >= 15 is 0 Å². The first-order valence-corrected chi connectivity index (χ1v) is 6.83. The van der Waals surface area contributed by atoms with Crippen LogP contribution in [0.1, 0.15) is 29.3 Å². The fourth-order valence-electron chi connectivity index (χ4n) is 1.80.